The first-order valence-corrected chi connectivity index (χ1v) is 7.77. The summed E-state index contributed by atoms with van der Waals surface area (Å²) in [6.07, 6.45) is 5.16. The van der Waals surface area contributed by atoms with E-state index in [-0.39, 0.29) is 5.82 Å². The molecule has 100 valence electrons. The van der Waals surface area contributed by atoms with Gasteiger partial charge >= 0.3 is 0 Å². The molecule has 1 nitrogen and oxygen atoms in total. The largest absolute Gasteiger partial charge is 0.295 e. The number of hydrogen-bond acceptors (Lipinski definition) is 1. The second-order valence-corrected chi connectivity index (χ2v) is 6.08. The van der Waals surface area contributed by atoms with Crippen LogP contribution in [0, 0.1) is 5.82 Å². The van der Waals surface area contributed by atoms with Crippen molar-refractivity contribution < 1.29 is 4.39 Å². The van der Waals surface area contributed by atoms with Crippen LogP contribution in [0.1, 0.15) is 31.2 Å². The Morgan fingerprint density at radius 3 is 2.67 bits per heavy atom. The van der Waals surface area contributed by atoms with Gasteiger partial charge < -0.3 is 0 Å². The zero-order valence-electron chi connectivity index (χ0n) is 10.3. The van der Waals surface area contributed by atoms with Gasteiger partial charge in [0.1, 0.15) is 5.82 Å². The van der Waals surface area contributed by atoms with Crippen LogP contribution in [-0.2, 0) is 6.54 Å². The topological polar surface area (TPSA) is 3.24 Å². The zero-order chi connectivity index (χ0) is 13.0. The minimum atomic E-state index is -0.205. The van der Waals surface area contributed by atoms with Crippen molar-refractivity contribution in [2.45, 2.75) is 38.3 Å². The van der Waals surface area contributed by atoms with E-state index in [4.69, 9.17) is 11.6 Å². The second-order valence-electron chi connectivity index (χ2n) is 4.85. The highest BCUT2D eigenvalue weighted by molar-refractivity contribution is 9.10. The fourth-order valence-electron chi connectivity index (χ4n) is 2.64. The summed E-state index contributed by atoms with van der Waals surface area (Å²) in [4.78, 5) is 2.43. The van der Waals surface area contributed by atoms with E-state index >= 15 is 0 Å². The van der Waals surface area contributed by atoms with Gasteiger partial charge in [0.2, 0.25) is 0 Å². The summed E-state index contributed by atoms with van der Waals surface area (Å²) in [5.74, 6) is 0.447. The summed E-state index contributed by atoms with van der Waals surface area (Å²) >= 11 is 9.13. The monoisotopic (exact) mass is 333 g/mol. The van der Waals surface area contributed by atoms with Crippen molar-refractivity contribution in [3.8, 4) is 0 Å². The molecule has 1 aromatic carbocycles. The summed E-state index contributed by atoms with van der Waals surface area (Å²) in [7, 11) is 0. The first-order chi connectivity index (χ1) is 8.70. The molecule has 2 rings (SSSR count). The molecule has 0 aromatic heterocycles. The van der Waals surface area contributed by atoms with E-state index in [1.807, 2.05) is 12.1 Å². The van der Waals surface area contributed by atoms with Crippen molar-refractivity contribution in [2.75, 3.05) is 12.4 Å². The Morgan fingerprint density at radius 1 is 1.33 bits per heavy atom. The van der Waals surface area contributed by atoms with Crippen LogP contribution in [0.2, 0.25) is 0 Å². The van der Waals surface area contributed by atoms with Gasteiger partial charge in [-0.2, -0.15) is 0 Å². The summed E-state index contributed by atoms with van der Waals surface area (Å²) < 4.78 is 13.7. The molecule has 0 atom stereocenters. The Kier molecular flexibility index (Phi) is 5.46. The van der Waals surface area contributed by atoms with E-state index < -0.39 is 0 Å². The van der Waals surface area contributed by atoms with Gasteiger partial charge in [0, 0.05) is 25.0 Å². The Balaban J connectivity index is 2.04. The third kappa shape index (κ3) is 3.69. The highest BCUT2D eigenvalue weighted by Crippen LogP contribution is 2.26. The van der Waals surface area contributed by atoms with Crippen LogP contribution in [-0.4, -0.2) is 23.4 Å². The van der Waals surface area contributed by atoms with Gasteiger partial charge in [0.05, 0.1) is 4.47 Å². The fraction of sp³-hybridized carbons (Fsp3) is 0.571. The van der Waals surface area contributed by atoms with Gasteiger partial charge in [0.15, 0.2) is 0 Å². The predicted molar refractivity (Wildman–Crippen MR) is 77.5 cm³/mol. The number of hydrogen-bond donors (Lipinski definition) is 0. The molecule has 0 amide bonds. The van der Waals surface area contributed by atoms with Gasteiger partial charge in [-0.15, -0.1) is 11.6 Å². The smallest absolute Gasteiger partial charge is 0.137 e. The molecule has 0 N–H and O–H groups in total. The lowest BCUT2D eigenvalue weighted by atomic mass is 10.1. The first kappa shape index (κ1) is 14.3. The van der Waals surface area contributed by atoms with Crippen LogP contribution < -0.4 is 0 Å². The SMILES string of the molecule is Fc1ccc(CN(CCCl)C2CCCC2)cc1Br. The van der Waals surface area contributed by atoms with Crippen molar-refractivity contribution in [2.24, 2.45) is 0 Å². The fourth-order valence-corrected chi connectivity index (χ4v) is 3.28. The molecule has 1 saturated carbocycles. The summed E-state index contributed by atoms with van der Waals surface area (Å²) in [5, 5.41) is 0. The Bertz CT molecular complexity index is 393. The summed E-state index contributed by atoms with van der Waals surface area (Å²) in [6, 6.07) is 5.89. The average molecular weight is 335 g/mol. The number of alkyl halides is 1. The standard InChI is InChI=1S/C14H18BrClFN/c15-13-9-11(5-6-14(13)17)10-18(8-7-16)12-3-1-2-4-12/h5-6,9,12H,1-4,7-8,10H2. The van der Waals surface area contributed by atoms with E-state index in [2.05, 4.69) is 20.8 Å². The number of halogens is 3. The normalized spacial score (nSPS) is 16.7. The third-order valence-electron chi connectivity index (χ3n) is 3.58. The lowest BCUT2D eigenvalue weighted by molar-refractivity contribution is 0.201. The molecular formula is C14H18BrClFN. The molecule has 1 aliphatic rings. The van der Waals surface area contributed by atoms with Crippen molar-refractivity contribution in [1.82, 2.24) is 4.90 Å². The molecule has 0 heterocycles. The summed E-state index contributed by atoms with van der Waals surface area (Å²) in [5.41, 5.74) is 1.14. The highest BCUT2D eigenvalue weighted by atomic mass is 79.9. The number of rotatable bonds is 5. The summed E-state index contributed by atoms with van der Waals surface area (Å²) in [6.45, 7) is 1.76. The Hall–Kier alpha value is -0.120. The van der Waals surface area contributed by atoms with Gasteiger partial charge in [-0.1, -0.05) is 18.9 Å². The third-order valence-corrected chi connectivity index (χ3v) is 4.36. The second kappa shape index (κ2) is 6.88. The molecule has 0 spiro atoms. The van der Waals surface area contributed by atoms with Gasteiger partial charge in [-0.3, -0.25) is 4.90 Å². The van der Waals surface area contributed by atoms with E-state index in [9.17, 15) is 4.39 Å². The van der Waals surface area contributed by atoms with Crippen LogP contribution in [0.15, 0.2) is 22.7 Å². The highest BCUT2D eigenvalue weighted by Gasteiger charge is 2.22. The minimum absolute atomic E-state index is 0.205. The molecule has 0 radical (unpaired) electrons. The Labute approximate surface area is 121 Å². The zero-order valence-corrected chi connectivity index (χ0v) is 12.7. The van der Waals surface area contributed by atoms with Gasteiger partial charge in [0.25, 0.3) is 0 Å². The first-order valence-electron chi connectivity index (χ1n) is 6.44. The van der Waals surface area contributed by atoms with E-state index in [1.165, 1.54) is 31.7 Å². The molecule has 18 heavy (non-hydrogen) atoms. The van der Waals surface area contributed by atoms with Crippen LogP contribution in [0.25, 0.3) is 0 Å². The van der Waals surface area contributed by atoms with E-state index in [0.717, 1.165) is 18.7 Å². The Morgan fingerprint density at radius 2 is 2.06 bits per heavy atom. The quantitative estimate of drug-likeness (QED) is 0.713. The molecule has 0 bridgehead atoms. The lowest BCUT2D eigenvalue weighted by Gasteiger charge is -2.28. The number of nitrogens with zero attached hydrogens (tertiary/aromatic N) is 1. The van der Waals surface area contributed by atoms with Crippen molar-refractivity contribution >= 4 is 27.5 Å². The molecule has 4 heteroatoms. The molecule has 1 fully saturated rings. The van der Waals surface area contributed by atoms with Crippen LogP contribution >= 0.6 is 27.5 Å². The lowest BCUT2D eigenvalue weighted by Crippen LogP contribution is -2.34. The van der Waals surface area contributed by atoms with E-state index in [1.54, 1.807) is 0 Å². The van der Waals surface area contributed by atoms with Gasteiger partial charge in [-0.05, 0) is 46.5 Å². The predicted octanol–water partition coefficient (Wildman–Crippen LogP) is 4.57. The van der Waals surface area contributed by atoms with Crippen molar-refractivity contribution in [3.05, 3.63) is 34.1 Å². The molecule has 1 aliphatic carbocycles. The average Bonchev–Trinajstić information content (AvgIpc) is 2.87. The maximum Gasteiger partial charge on any atom is 0.137 e. The van der Waals surface area contributed by atoms with Crippen LogP contribution in [0.4, 0.5) is 4.39 Å². The molecule has 1 aromatic rings. The van der Waals surface area contributed by atoms with Crippen LogP contribution in [0.3, 0.4) is 0 Å². The maximum absolute atomic E-state index is 13.2. The molecule has 0 aliphatic heterocycles. The number of benzene rings is 1. The minimum Gasteiger partial charge on any atom is -0.295 e. The van der Waals surface area contributed by atoms with Crippen molar-refractivity contribution in [1.29, 1.82) is 0 Å². The molecule has 0 unspecified atom stereocenters. The maximum atomic E-state index is 13.2. The molecular weight excluding hydrogens is 317 g/mol. The van der Waals surface area contributed by atoms with Crippen LogP contribution in [0.5, 0.6) is 0 Å². The van der Waals surface area contributed by atoms with Gasteiger partial charge in [-0.25, -0.2) is 4.39 Å². The van der Waals surface area contributed by atoms with E-state index in [0.29, 0.717) is 16.4 Å². The molecule has 0 saturated heterocycles. The van der Waals surface area contributed by atoms with Crippen molar-refractivity contribution in [3.63, 3.8) is 0 Å².